The molecule has 1 atom stereocenters. The zero-order chi connectivity index (χ0) is 18.2. The first-order chi connectivity index (χ1) is 11.8. The molecule has 2 aromatic carbocycles. The van der Waals surface area contributed by atoms with Gasteiger partial charge in [0.05, 0.1) is 35.7 Å². The van der Waals surface area contributed by atoms with Crippen LogP contribution in [0.25, 0.3) is 0 Å². The van der Waals surface area contributed by atoms with Crippen LogP contribution in [0.2, 0.25) is 0 Å². The van der Waals surface area contributed by atoms with Gasteiger partial charge in [-0.2, -0.15) is 5.26 Å². The van der Waals surface area contributed by atoms with E-state index in [9.17, 15) is 13.7 Å². The maximum Gasteiger partial charge on any atom is 0.264 e. The van der Waals surface area contributed by atoms with Crippen molar-refractivity contribution in [2.45, 2.75) is 37.1 Å². The van der Waals surface area contributed by atoms with Gasteiger partial charge in [0.1, 0.15) is 5.75 Å². The summed E-state index contributed by atoms with van der Waals surface area (Å²) in [5, 5.41) is 9.27. The van der Waals surface area contributed by atoms with Crippen LogP contribution in [0, 0.1) is 18.3 Å². The normalized spacial score (nSPS) is 19.4. The summed E-state index contributed by atoms with van der Waals surface area (Å²) < 4.78 is 33.3. The molecule has 0 N–H and O–H groups in total. The average Bonchev–Trinajstić information content (AvgIpc) is 2.86. The first-order valence-electron chi connectivity index (χ1n) is 7.98. The molecule has 1 unspecified atom stereocenters. The average molecular weight is 356 g/mol. The van der Waals surface area contributed by atoms with E-state index < -0.39 is 15.6 Å². The topological polar surface area (TPSA) is 70.4 Å². The summed E-state index contributed by atoms with van der Waals surface area (Å²) in [5.74, 6) is 0.674. The molecule has 130 valence electrons. The van der Waals surface area contributed by atoms with Gasteiger partial charge in [0, 0.05) is 0 Å². The van der Waals surface area contributed by atoms with E-state index in [0.717, 1.165) is 11.1 Å². The molecule has 0 aromatic heterocycles. The van der Waals surface area contributed by atoms with Crippen LogP contribution in [0.5, 0.6) is 5.75 Å². The Hall–Kier alpha value is -2.52. The van der Waals surface area contributed by atoms with Crippen LogP contribution in [0.15, 0.2) is 47.4 Å². The van der Waals surface area contributed by atoms with E-state index in [-0.39, 0.29) is 11.3 Å². The fraction of sp³-hybridized carbons (Fsp3) is 0.316. The first-order valence-corrected chi connectivity index (χ1v) is 9.42. The molecule has 1 aliphatic heterocycles. The lowest BCUT2D eigenvalue weighted by molar-refractivity contribution is 0.414. The third-order valence-electron chi connectivity index (χ3n) is 4.59. The molecule has 5 nitrogen and oxygen atoms in total. The molecule has 6 heteroatoms. The summed E-state index contributed by atoms with van der Waals surface area (Å²) in [6, 6.07) is 14.3. The predicted molar refractivity (Wildman–Crippen MR) is 96.2 cm³/mol. The van der Waals surface area contributed by atoms with E-state index in [2.05, 4.69) is 6.07 Å². The number of nitriles is 1. The molecule has 0 aliphatic carbocycles. The SMILES string of the molecule is COc1ccc2c(c1)CC(C)(CC#N)N2S(=O)(=O)c1ccc(C)cc1. The van der Waals surface area contributed by atoms with Gasteiger partial charge >= 0.3 is 0 Å². The number of hydrogen-bond acceptors (Lipinski definition) is 4. The second kappa shape index (κ2) is 6.08. The smallest absolute Gasteiger partial charge is 0.264 e. The highest BCUT2D eigenvalue weighted by Gasteiger charge is 2.47. The Bertz CT molecular complexity index is 946. The van der Waals surface area contributed by atoms with Crippen molar-refractivity contribution in [1.29, 1.82) is 5.26 Å². The van der Waals surface area contributed by atoms with E-state index in [1.807, 2.05) is 19.9 Å². The van der Waals surface area contributed by atoms with Gasteiger partial charge in [-0.05, 0) is 56.2 Å². The molecule has 1 aliphatic rings. The Labute approximate surface area is 148 Å². The third kappa shape index (κ3) is 2.85. The van der Waals surface area contributed by atoms with Crippen molar-refractivity contribution in [3.8, 4) is 11.8 Å². The van der Waals surface area contributed by atoms with Crippen LogP contribution in [0.3, 0.4) is 0 Å². The Balaban J connectivity index is 2.17. The lowest BCUT2D eigenvalue weighted by Crippen LogP contribution is -2.47. The number of benzene rings is 2. The van der Waals surface area contributed by atoms with Gasteiger partial charge in [0.2, 0.25) is 0 Å². The van der Waals surface area contributed by atoms with E-state index in [1.54, 1.807) is 43.5 Å². The van der Waals surface area contributed by atoms with Gasteiger partial charge < -0.3 is 4.74 Å². The maximum absolute atomic E-state index is 13.3. The van der Waals surface area contributed by atoms with Gasteiger partial charge in [-0.3, -0.25) is 4.31 Å². The van der Waals surface area contributed by atoms with Gasteiger partial charge in [0.15, 0.2) is 0 Å². The molecule has 25 heavy (non-hydrogen) atoms. The number of methoxy groups -OCH3 is 1. The minimum atomic E-state index is -3.78. The Morgan fingerprint density at radius 3 is 2.52 bits per heavy atom. The van der Waals surface area contributed by atoms with Crippen LogP contribution < -0.4 is 9.04 Å². The van der Waals surface area contributed by atoms with Crippen LogP contribution in [-0.2, 0) is 16.4 Å². The molecule has 2 aromatic rings. The number of anilines is 1. The number of nitrogens with zero attached hydrogens (tertiary/aromatic N) is 2. The van der Waals surface area contributed by atoms with Gasteiger partial charge in [-0.25, -0.2) is 8.42 Å². The number of aryl methyl sites for hydroxylation is 1. The van der Waals surface area contributed by atoms with Gasteiger partial charge in [-0.1, -0.05) is 17.7 Å². The minimum absolute atomic E-state index is 0.106. The Morgan fingerprint density at radius 1 is 1.24 bits per heavy atom. The van der Waals surface area contributed by atoms with E-state index in [1.165, 1.54) is 4.31 Å². The highest BCUT2D eigenvalue weighted by Crippen LogP contribution is 2.45. The quantitative estimate of drug-likeness (QED) is 0.841. The maximum atomic E-state index is 13.3. The molecule has 0 bridgehead atoms. The first kappa shape index (κ1) is 17.3. The molecule has 3 rings (SSSR count). The van der Waals surface area contributed by atoms with Crippen molar-refractivity contribution < 1.29 is 13.2 Å². The fourth-order valence-electron chi connectivity index (χ4n) is 3.34. The zero-order valence-electron chi connectivity index (χ0n) is 14.5. The van der Waals surface area contributed by atoms with Crippen molar-refractivity contribution in [3.05, 3.63) is 53.6 Å². The molecular weight excluding hydrogens is 336 g/mol. The number of fused-ring (bicyclic) bond motifs is 1. The second-order valence-electron chi connectivity index (χ2n) is 6.59. The van der Waals surface area contributed by atoms with Crippen molar-refractivity contribution >= 4 is 15.7 Å². The van der Waals surface area contributed by atoms with Crippen LogP contribution in [0.1, 0.15) is 24.5 Å². The molecule has 0 saturated carbocycles. The van der Waals surface area contributed by atoms with Crippen LogP contribution in [0.4, 0.5) is 5.69 Å². The zero-order valence-corrected chi connectivity index (χ0v) is 15.3. The lowest BCUT2D eigenvalue weighted by Gasteiger charge is -2.34. The van der Waals surface area contributed by atoms with Crippen molar-refractivity contribution in [2.24, 2.45) is 0 Å². The number of hydrogen-bond donors (Lipinski definition) is 0. The lowest BCUT2D eigenvalue weighted by atomic mass is 9.94. The van der Waals surface area contributed by atoms with E-state index in [0.29, 0.717) is 17.9 Å². The van der Waals surface area contributed by atoms with Crippen molar-refractivity contribution in [2.75, 3.05) is 11.4 Å². The summed E-state index contributed by atoms with van der Waals surface area (Å²) in [5.41, 5.74) is 1.64. The van der Waals surface area contributed by atoms with Crippen LogP contribution in [-0.4, -0.2) is 21.1 Å². The largest absolute Gasteiger partial charge is 0.497 e. The summed E-state index contributed by atoms with van der Waals surface area (Å²) in [7, 11) is -2.20. The molecule has 1 heterocycles. The van der Waals surface area contributed by atoms with Crippen molar-refractivity contribution in [1.82, 2.24) is 0 Å². The number of sulfonamides is 1. The Morgan fingerprint density at radius 2 is 1.92 bits per heavy atom. The highest BCUT2D eigenvalue weighted by molar-refractivity contribution is 7.93. The summed E-state index contributed by atoms with van der Waals surface area (Å²) in [6.07, 6.45) is 0.577. The summed E-state index contributed by atoms with van der Waals surface area (Å²) in [4.78, 5) is 0.228. The van der Waals surface area contributed by atoms with Gasteiger partial charge in [0.25, 0.3) is 10.0 Å². The highest BCUT2D eigenvalue weighted by atomic mass is 32.2. The number of ether oxygens (including phenoxy) is 1. The second-order valence-corrected chi connectivity index (χ2v) is 8.37. The molecule has 0 saturated heterocycles. The molecule has 0 spiro atoms. The predicted octanol–water partition coefficient (Wildman–Crippen LogP) is 3.43. The van der Waals surface area contributed by atoms with Crippen LogP contribution >= 0.6 is 0 Å². The molecule has 0 fully saturated rings. The molecule has 0 amide bonds. The molecular formula is C19H20N2O3S. The van der Waals surface area contributed by atoms with E-state index >= 15 is 0 Å². The van der Waals surface area contributed by atoms with E-state index in [4.69, 9.17) is 4.74 Å². The minimum Gasteiger partial charge on any atom is -0.497 e. The fourth-order valence-corrected chi connectivity index (χ4v) is 5.18. The van der Waals surface area contributed by atoms with Gasteiger partial charge in [-0.15, -0.1) is 0 Å². The summed E-state index contributed by atoms with van der Waals surface area (Å²) >= 11 is 0. The monoisotopic (exact) mass is 356 g/mol. The third-order valence-corrected chi connectivity index (χ3v) is 6.57. The standard InChI is InChI=1S/C19H20N2O3S/c1-14-4-7-17(8-5-14)25(22,23)21-18-9-6-16(24-3)12-15(18)13-19(21,2)10-11-20/h4-9,12H,10,13H2,1-3H3. The number of rotatable bonds is 4. The van der Waals surface area contributed by atoms with Crippen molar-refractivity contribution in [3.63, 3.8) is 0 Å². The molecule has 0 radical (unpaired) electrons. The summed E-state index contributed by atoms with van der Waals surface area (Å²) in [6.45, 7) is 3.72. The Kier molecular flexibility index (Phi) is 4.21.